The lowest BCUT2D eigenvalue weighted by Crippen LogP contribution is -2.40. The van der Waals surface area contributed by atoms with Gasteiger partial charge >= 0.3 is 0 Å². The first kappa shape index (κ1) is 20.5. The zero-order valence-electron chi connectivity index (χ0n) is 18.5. The number of ether oxygens (including phenoxy) is 1. The van der Waals surface area contributed by atoms with Gasteiger partial charge in [0, 0.05) is 55.6 Å². The predicted octanol–water partition coefficient (Wildman–Crippen LogP) is 2.98. The fourth-order valence-electron chi connectivity index (χ4n) is 4.07. The Labute approximate surface area is 187 Å². The predicted molar refractivity (Wildman–Crippen MR) is 123 cm³/mol. The average Bonchev–Trinajstić information content (AvgIpc) is 3.21. The van der Waals surface area contributed by atoms with Crippen LogP contribution in [-0.4, -0.2) is 55.6 Å². The Bertz CT molecular complexity index is 1210. The highest BCUT2D eigenvalue weighted by molar-refractivity contribution is 5.43. The number of morpholine rings is 1. The van der Waals surface area contributed by atoms with Gasteiger partial charge in [-0.15, -0.1) is 0 Å². The molecule has 1 aliphatic rings. The van der Waals surface area contributed by atoms with Gasteiger partial charge in [0.2, 0.25) is 0 Å². The van der Waals surface area contributed by atoms with Gasteiger partial charge < -0.3 is 14.6 Å². The first-order chi connectivity index (χ1) is 15.6. The van der Waals surface area contributed by atoms with Crippen molar-refractivity contribution in [3.63, 3.8) is 0 Å². The summed E-state index contributed by atoms with van der Waals surface area (Å²) in [5.41, 5.74) is 9.70. The van der Waals surface area contributed by atoms with Gasteiger partial charge in [0.25, 0.3) is 0 Å². The van der Waals surface area contributed by atoms with Crippen LogP contribution in [0.4, 0.5) is 5.82 Å². The molecule has 164 valence electrons. The van der Waals surface area contributed by atoms with Crippen LogP contribution in [0, 0.1) is 13.8 Å². The molecule has 1 aliphatic heterocycles. The Balaban J connectivity index is 1.44. The van der Waals surface area contributed by atoms with E-state index in [0.717, 1.165) is 53.0 Å². The molecule has 32 heavy (non-hydrogen) atoms. The molecule has 1 fully saturated rings. The fraction of sp³-hybridized carbons (Fsp3) is 0.333. The lowest BCUT2D eigenvalue weighted by Gasteiger charge is -2.27. The molecule has 0 aliphatic carbocycles. The molecular formula is C24H27N7O. The lowest BCUT2D eigenvalue weighted by molar-refractivity contribution is 0.0494. The molecule has 0 spiro atoms. The Morgan fingerprint density at radius 3 is 2.62 bits per heavy atom. The number of rotatable bonds is 6. The summed E-state index contributed by atoms with van der Waals surface area (Å²) in [6.07, 6.45) is 7.09. The molecule has 8 heteroatoms. The van der Waals surface area contributed by atoms with E-state index in [0.29, 0.717) is 26.1 Å². The van der Waals surface area contributed by atoms with Gasteiger partial charge in [0.15, 0.2) is 0 Å². The van der Waals surface area contributed by atoms with Crippen LogP contribution in [0.2, 0.25) is 0 Å². The molecule has 4 aromatic rings. The number of hydrogen-bond acceptors (Lipinski definition) is 7. The summed E-state index contributed by atoms with van der Waals surface area (Å²) in [7, 11) is 0. The normalized spacial score (nSPS) is 14.7. The molecule has 5 rings (SSSR count). The minimum absolute atomic E-state index is 0.591. The van der Waals surface area contributed by atoms with Crippen LogP contribution >= 0.6 is 0 Å². The van der Waals surface area contributed by atoms with Gasteiger partial charge in [-0.25, -0.2) is 20.0 Å². The minimum Gasteiger partial charge on any atom is -0.379 e. The minimum atomic E-state index is 0.591. The van der Waals surface area contributed by atoms with Gasteiger partial charge in [0.1, 0.15) is 17.3 Å². The van der Waals surface area contributed by atoms with Gasteiger partial charge in [-0.3, -0.25) is 4.98 Å². The lowest BCUT2D eigenvalue weighted by atomic mass is 10.1. The molecule has 5 heterocycles. The van der Waals surface area contributed by atoms with Crippen LogP contribution in [-0.2, 0) is 17.6 Å². The molecule has 1 saturated heterocycles. The molecule has 1 N–H and O–H groups in total. The third kappa shape index (κ3) is 4.92. The van der Waals surface area contributed by atoms with Gasteiger partial charge in [-0.05, 0) is 49.2 Å². The van der Waals surface area contributed by atoms with Crippen molar-refractivity contribution in [3.05, 3.63) is 83.0 Å². The molecule has 8 nitrogen and oxygen atoms in total. The van der Waals surface area contributed by atoms with Crippen molar-refractivity contribution in [2.24, 2.45) is 0 Å². The van der Waals surface area contributed by atoms with Crippen LogP contribution in [0.5, 0.6) is 0 Å². The van der Waals surface area contributed by atoms with Crippen molar-refractivity contribution in [2.75, 3.05) is 31.7 Å². The van der Waals surface area contributed by atoms with Crippen molar-refractivity contribution >= 4 is 11.5 Å². The maximum Gasteiger partial charge on any atom is 0.144 e. The first-order valence-corrected chi connectivity index (χ1v) is 10.9. The monoisotopic (exact) mass is 429 g/mol. The highest BCUT2D eigenvalue weighted by Gasteiger charge is 2.14. The standard InChI is InChI=1S/C24H27N7O/c1-17-11-18(2)26-20(12-17)15-22-27-21(13-19-3-5-30-6-4-25-24(30)14-19)16-23(28-22)29-31-7-9-32-10-8-31/h3-6,11-12,14,16H,7-10,13,15H2,1-2H3,(H,27,28,29). The van der Waals surface area contributed by atoms with E-state index in [2.05, 4.69) is 51.6 Å². The Morgan fingerprint density at radius 1 is 0.938 bits per heavy atom. The SMILES string of the molecule is Cc1cc(C)nc(Cc2nc(Cc3ccn4ccnc4c3)cc(NN3CCOCC3)n2)c1. The van der Waals surface area contributed by atoms with E-state index in [1.54, 1.807) is 0 Å². The van der Waals surface area contributed by atoms with E-state index in [-0.39, 0.29) is 0 Å². The number of nitrogens with zero attached hydrogens (tertiary/aromatic N) is 6. The van der Waals surface area contributed by atoms with Crippen molar-refractivity contribution < 1.29 is 4.74 Å². The molecule has 0 amide bonds. The summed E-state index contributed by atoms with van der Waals surface area (Å²) in [6, 6.07) is 10.4. The molecule has 0 aromatic carbocycles. The van der Waals surface area contributed by atoms with Crippen LogP contribution in [0.3, 0.4) is 0 Å². The van der Waals surface area contributed by atoms with Crippen LogP contribution in [0.1, 0.15) is 34.0 Å². The summed E-state index contributed by atoms with van der Waals surface area (Å²) < 4.78 is 7.47. The van der Waals surface area contributed by atoms with E-state index in [9.17, 15) is 0 Å². The van der Waals surface area contributed by atoms with Crippen molar-refractivity contribution in [1.29, 1.82) is 0 Å². The topological polar surface area (TPSA) is 80.5 Å². The zero-order chi connectivity index (χ0) is 21.9. The Kier molecular flexibility index (Phi) is 5.79. The first-order valence-electron chi connectivity index (χ1n) is 10.9. The highest BCUT2D eigenvalue weighted by Crippen LogP contribution is 2.17. The maximum absolute atomic E-state index is 5.46. The van der Waals surface area contributed by atoms with Gasteiger partial charge in [-0.2, -0.15) is 0 Å². The Hall–Kier alpha value is -3.36. The third-order valence-electron chi connectivity index (χ3n) is 5.45. The number of nitrogens with one attached hydrogen (secondary N) is 1. The maximum atomic E-state index is 5.46. The van der Waals surface area contributed by atoms with Gasteiger partial charge in [-0.1, -0.05) is 0 Å². The largest absolute Gasteiger partial charge is 0.379 e. The number of aromatic nitrogens is 5. The highest BCUT2D eigenvalue weighted by atomic mass is 16.5. The summed E-state index contributed by atoms with van der Waals surface area (Å²) in [4.78, 5) is 18.8. The molecule has 0 atom stereocenters. The zero-order valence-corrected chi connectivity index (χ0v) is 18.5. The van der Waals surface area contributed by atoms with E-state index < -0.39 is 0 Å². The van der Waals surface area contributed by atoms with E-state index in [1.165, 1.54) is 5.56 Å². The number of imidazole rings is 1. The quantitative estimate of drug-likeness (QED) is 0.505. The number of hydrazine groups is 1. The van der Waals surface area contributed by atoms with E-state index in [1.807, 2.05) is 36.0 Å². The summed E-state index contributed by atoms with van der Waals surface area (Å²) >= 11 is 0. The van der Waals surface area contributed by atoms with Crippen LogP contribution in [0.25, 0.3) is 5.65 Å². The smallest absolute Gasteiger partial charge is 0.144 e. The second-order valence-corrected chi connectivity index (χ2v) is 8.23. The molecule has 4 aromatic heterocycles. The Morgan fingerprint density at radius 2 is 1.78 bits per heavy atom. The van der Waals surface area contributed by atoms with Crippen LogP contribution in [0.15, 0.2) is 48.9 Å². The summed E-state index contributed by atoms with van der Waals surface area (Å²) in [6.45, 7) is 7.19. The molecule has 0 radical (unpaired) electrons. The molecule has 0 unspecified atom stereocenters. The number of fused-ring (bicyclic) bond motifs is 1. The van der Waals surface area contributed by atoms with E-state index in [4.69, 9.17) is 14.7 Å². The second-order valence-electron chi connectivity index (χ2n) is 8.23. The second kappa shape index (κ2) is 9.02. The summed E-state index contributed by atoms with van der Waals surface area (Å²) in [5.74, 6) is 1.57. The molecule has 0 saturated carbocycles. The number of pyridine rings is 2. The van der Waals surface area contributed by atoms with E-state index >= 15 is 0 Å². The van der Waals surface area contributed by atoms with Crippen LogP contribution < -0.4 is 5.43 Å². The van der Waals surface area contributed by atoms with Crippen molar-refractivity contribution in [3.8, 4) is 0 Å². The fourth-order valence-corrected chi connectivity index (χ4v) is 4.07. The average molecular weight is 430 g/mol. The van der Waals surface area contributed by atoms with Gasteiger partial charge in [0.05, 0.1) is 25.3 Å². The molecular weight excluding hydrogens is 402 g/mol. The molecule has 0 bridgehead atoms. The number of anilines is 1. The van der Waals surface area contributed by atoms with Crippen molar-refractivity contribution in [2.45, 2.75) is 26.7 Å². The number of aryl methyl sites for hydroxylation is 2. The third-order valence-corrected chi connectivity index (χ3v) is 5.45. The van der Waals surface area contributed by atoms with Crippen molar-refractivity contribution in [1.82, 2.24) is 29.3 Å². The number of hydrogen-bond donors (Lipinski definition) is 1. The summed E-state index contributed by atoms with van der Waals surface area (Å²) in [5, 5.41) is 2.14.